The van der Waals surface area contributed by atoms with Crippen molar-refractivity contribution >= 4 is 22.6 Å². The Morgan fingerprint density at radius 3 is 2.66 bits per heavy atom. The third kappa shape index (κ3) is 3.06. The predicted molar refractivity (Wildman–Crippen MR) is 111 cm³/mol. The van der Waals surface area contributed by atoms with E-state index in [0.717, 1.165) is 6.07 Å². The first-order valence-corrected chi connectivity index (χ1v) is 9.54. The van der Waals surface area contributed by atoms with Gasteiger partial charge in [0.1, 0.15) is 11.4 Å². The average Bonchev–Trinajstić information content (AvgIpc) is 2.97. The maximum atomic E-state index is 15.1. The molecule has 1 aromatic heterocycles. The van der Waals surface area contributed by atoms with Crippen LogP contribution >= 0.6 is 0 Å². The van der Waals surface area contributed by atoms with Crippen molar-refractivity contribution in [2.75, 3.05) is 18.0 Å². The number of carboxylic acids is 1. The van der Waals surface area contributed by atoms with Gasteiger partial charge >= 0.3 is 5.97 Å². The molecule has 2 atom stereocenters. The van der Waals surface area contributed by atoms with E-state index in [1.807, 2.05) is 50.0 Å². The van der Waals surface area contributed by atoms with E-state index in [1.165, 1.54) is 6.20 Å². The van der Waals surface area contributed by atoms with Crippen LogP contribution < -0.4 is 16.1 Å². The number of hydrogen-bond donors (Lipinski definition) is 2. The maximum Gasteiger partial charge on any atom is 0.341 e. The molecule has 1 saturated heterocycles. The van der Waals surface area contributed by atoms with E-state index in [0.29, 0.717) is 24.3 Å². The number of fused-ring (bicyclic) bond motifs is 2. The summed E-state index contributed by atoms with van der Waals surface area (Å²) in [6, 6.07) is 2.79. The van der Waals surface area contributed by atoms with Crippen LogP contribution in [0, 0.1) is 11.7 Å². The Balaban J connectivity index is 1.92. The van der Waals surface area contributed by atoms with Gasteiger partial charge in [-0.2, -0.15) is 0 Å². The van der Waals surface area contributed by atoms with Gasteiger partial charge in [0.15, 0.2) is 0 Å². The largest absolute Gasteiger partial charge is 0.477 e. The number of hydrogen-bond acceptors (Lipinski definition) is 4. The molecule has 0 spiro atoms. The molecule has 1 fully saturated rings. The SMILES string of the molecule is CC(C)(C)n1cc(C(=O)O)c(=O)c2cc(F)c(N3CC4C=CC=CC4(N)C3)cc21. The lowest BCUT2D eigenvalue weighted by molar-refractivity contribution is 0.0694. The topological polar surface area (TPSA) is 88.6 Å². The van der Waals surface area contributed by atoms with Gasteiger partial charge in [-0.1, -0.05) is 24.3 Å². The normalized spacial score (nSPS) is 23.6. The van der Waals surface area contributed by atoms with Crippen molar-refractivity contribution in [3.8, 4) is 0 Å². The molecule has 0 saturated carbocycles. The van der Waals surface area contributed by atoms with Crippen LogP contribution in [0.25, 0.3) is 10.9 Å². The highest BCUT2D eigenvalue weighted by atomic mass is 19.1. The number of nitrogens with zero attached hydrogens (tertiary/aromatic N) is 2. The van der Waals surface area contributed by atoms with E-state index in [9.17, 15) is 14.7 Å². The second-order valence-electron chi connectivity index (χ2n) is 8.88. The van der Waals surface area contributed by atoms with Gasteiger partial charge in [0.25, 0.3) is 0 Å². The number of benzene rings is 1. The quantitative estimate of drug-likeness (QED) is 0.814. The molecular formula is C22H24FN3O3. The van der Waals surface area contributed by atoms with Crippen molar-refractivity contribution in [2.24, 2.45) is 11.7 Å². The minimum atomic E-state index is -1.33. The van der Waals surface area contributed by atoms with Gasteiger partial charge in [-0.05, 0) is 32.9 Å². The standard InChI is InChI=1S/C22H24FN3O3/c1-21(2,3)26-11-15(20(28)29)19(27)14-8-16(23)18(9-17(14)26)25-10-13-6-4-5-7-22(13,24)12-25/h4-9,11,13H,10,12,24H2,1-3H3,(H,28,29). The van der Waals surface area contributed by atoms with E-state index >= 15 is 4.39 Å². The van der Waals surface area contributed by atoms with Crippen LogP contribution in [0.5, 0.6) is 0 Å². The second kappa shape index (κ2) is 6.29. The van der Waals surface area contributed by atoms with Crippen LogP contribution in [0.3, 0.4) is 0 Å². The number of allylic oxidation sites excluding steroid dienone is 2. The summed E-state index contributed by atoms with van der Waals surface area (Å²) in [5, 5.41) is 9.47. The zero-order chi connectivity index (χ0) is 21.1. The molecule has 1 aliphatic carbocycles. The molecule has 0 bridgehead atoms. The number of aromatic carboxylic acids is 1. The maximum absolute atomic E-state index is 15.1. The number of anilines is 1. The lowest BCUT2D eigenvalue weighted by atomic mass is 9.85. The van der Waals surface area contributed by atoms with Gasteiger partial charge in [-0.25, -0.2) is 9.18 Å². The van der Waals surface area contributed by atoms with Gasteiger partial charge in [0, 0.05) is 36.1 Å². The molecule has 6 nitrogen and oxygen atoms in total. The molecule has 3 N–H and O–H groups in total. The fourth-order valence-corrected chi connectivity index (χ4v) is 4.24. The third-order valence-electron chi connectivity index (χ3n) is 5.80. The number of pyridine rings is 1. The summed E-state index contributed by atoms with van der Waals surface area (Å²) in [5.41, 5.74) is 5.24. The minimum Gasteiger partial charge on any atom is -0.477 e. The van der Waals surface area contributed by atoms with E-state index in [2.05, 4.69) is 0 Å². The summed E-state index contributed by atoms with van der Waals surface area (Å²) in [7, 11) is 0. The first kappa shape index (κ1) is 19.4. The summed E-state index contributed by atoms with van der Waals surface area (Å²) in [5.74, 6) is -1.82. The number of halogens is 1. The van der Waals surface area contributed by atoms with Crippen LogP contribution in [0.2, 0.25) is 0 Å². The van der Waals surface area contributed by atoms with Crippen molar-refractivity contribution in [3.63, 3.8) is 0 Å². The summed E-state index contributed by atoms with van der Waals surface area (Å²) in [4.78, 5) is 26.1. The molecule has 2 aromatic rings. The molecule has 1 aromatic carbocycles. The minimum absolute atomic E-state index is 0.0555. The molecular weight excluding hydrogens is 373 g/mol. The van der Waals surface area contributed by atoms with Crippen LogP contribution in [0.1, 0.15) is 31.1 Å². The lowest BCUT2D eigenvalue weighted by Crippen LogP contribution is -2.46. The van der Waals surface area contributed by atoms with Gasteiger partial charge in [0.2, 0.25) is 5.43 Å². The monoisotopic (exact) mass is 397 g/mol. The summed E-state index contributed by atoms with van der Waals surface area (Å²) in [6.07, 6.45) is 9.17. The highest BCUT2D eigenvalue weighted by Crippen LogP contribution is 2.36. The molecule has 4 rings (SSSR count). The van der Waals surface area contributed by atoms with E-state index in [4.69, 9.17) is 5.73 Å². The fraction of sp³-hybridized carbons (Fsp3) is 0.364. The molecule has 152 valence electrons. The van der Waals surface area contributed by atoms with Crippen LogP contribution in [-0.4, -0.2) is 34.3 Å². The molecule has 2 aliphatic rings. The molecule has 2 heterocycles. The smallest absolute Gasteiger partial charge is 0.341 e. The molecule has 2 unspecified atom stereocenters. The predicted octanol–water partition coefficient (Wildman–Crippen LogP) is 2.85. The summed E-state index contributed by atoms with van der Waals surface area (Å²) in [6.45, 7) is 6.72. The van der Waals surface area contributed by atoms with Gasteiger partial charge < -0.3 is 20.3 Å². The molecule has 0 amide bonds. The van der Waals surface area contributed by atoms with E-state index < -0.39 is 28.3 Å². The van der Waals surface area contributed by atoms with Crippen molar-refractivity contribution in [3.05, 3.63) is 64.2 Å². The second-order valence-corrected chi connectivity index (χ2v) is 8.88. The fourth-order valence-electron chi connectivity index (χ4n) is 4.24. The summed E-state index contributed by atoms with van der Waals surface area (Å²) < 4.78 is 16.8. The molecule has 7 heteroatoms. The first-order valence-electron chi connectivity index (χ1n) is 9.54. The Hall–Kier alpha value is -2.93. The third-order valence-corrected chi connectivity index (χ3v) is 5.80. The van der Waals surface area contributed by atoms with Gasteiger partial charge in [0.05, 0.1) is 16.7 Å². The first-order chi connectivity index (χ1) is 13.5. The van der Waals surface area contributed by atoms with Crippen molar-refractivity contribution in [2.45, 2.75) is 31.8 Å². The molecule has 29 heavy (non-hydrogen) atoms. The lowest BCUT2D eigenvalue weighted by Gasteiger charge is -2.28. The average molecular weight is 397 g/mol. The van der Waals surface area contributed by atoms with Crippen LogP contribution in [-0.2, 0) is 5.54 Å². The number of rotatable bonds is 2. The zero-order valence-electron chi connectivity index (χ0n) is 16.6. The van der Waals surface area contributed by atoms with Crippen molar-refractivity contribution in [1.82, 2.24) is 4.57 Å². The van der Waals surface area contributed by atoms with Crippen molar-refractivity contribution < 1.29 is 14.3 Å². The zero-order valence-corrected chi connectivity index (χ0v) is 16.6. The Morgan fingerprint density at radius 1 is 1.31 bits per heavy atom. The Morgan fingerprint density at radius 2 is 2.03 bits per heavy atom. The van der Waals surface area contributed by atoms with E-state index in [1.54, 1.807) is 10.6 Å². The van der Waals surface area contributed by atoms with E-state index in [-0.39, 0.29) is 16.9 Å². The van der Waals surface area contributed by atoms with Gasteiger partial charge in [-0.15, -0.1) is 0 Å². The number of aromatic nitrogens is 1. The highest BCUT2D eigenvalue weighted by Gasteiger charge is 2.42. The van der Waals surface area contributed by atoms with Crippen molar-refractivity contribution in [1.29, 1.82) is 0 Å². The van der Waals surface area contributed by atoms with Gasteiger partial charge in [-0.3, -0.25) is 4.79 Å². The number of nitrogens with two attached hydrogens (primary N) is 1. The van der Waals surface area contributed by atoms with Crippen LogP contribution in [0.4, 0.5) is 10.1 Å². The number of carboxylic acid groups (broad SMARTS) is 1. The Kier molecular flexibility index (Phi) is 4.20. The Labute approximate surface area is 167 Å². The number of carbonyl (C=O) groups is 1. The summed E-state index contributed by atoms with van der Waals surface area (Å²) >= 11 is 0. The molecule has 0 radical (unpaired) electrons. The highest BCUT2D eigenvalue weighted by molar-refractivity contribution is 5.93. The van der Waals surface area contributed by atoms with Crippen LogP contribution in [0.15, 0.2) is 47.4 Å². The Bertz CT molecular complexity index is 1140. The molecule has 1 aliphatic heterocycles.